The summed E-state index contributed by atoms with van der Waals surface area (Å²) in [4.78, 5) is 12.7. The second kappa shape index (κ2) is 9.27. The van der Waals surface area contributed by atoms with Gasteiger partial charge in [-0.2, -0.15) is 17.5 Å². The van der Waals surface area contributed by atoms with Gasteiger partial charge in [-0.05, 0) is 61.7 Å². The van der Waals surface area contributed by atoms with E-state index in [1.165, 1.54) is 34.6 Å². The number of anilines is 1. The Balaban J connectivity index is 1.82. The lowest BCUT2D eigenvalue weighted by Gasteiger charge is -2.16. The first-order valence-electron chi connectivity index (χ1n) is 9.88. The van der Waals surface area contributed by atoms with E-state index in [2.05, 4.69) is 5.32 Å². The van der Waals surface area contributed by atoms with Gasteiger partial charge < -0.3 is 10.1 Å². The van der Waals surface area contributed by atoms with Gasteiger partial charge in [0.05, 0.1) is 22.8 Å². The number of carbonyl (C=O) groups is 1. The van der Waals surface area contributed by atoms with Gasteiger partial charge in [0.25, 0.3) is 5.91 Å². The van der Waals surface area contributed by atoms with Gasteiger partial charge >= 0.3 is 6.18 Å². The lowest BCUT2D eigenvalue weighted by molar-refractivity contribution is -0.137. The summed E-state index contributed by atoms with van der Waals surface area (Å²) in [6.07, 6.45) is -2.33. The number of amides is 1. The molecule has 1 N–H and O–H groups in total. The van der Waals surface area contributed by atoms with Gasteiger partial charge in [0, 0.05) is 18.7 Å². The number of halogens is 3. The van der Waals surface area contributed by atoms with Crippen LogP contribution in [0, 0.1) is 0 Å². The first-order chi connectivity index (χ1) is 14.6. The van der Waals surface area contributed by atoms with E-state index in [4.69, 9.17) is 4.74 Å². The smallest absolute Gasteiger partial charge is 0.416 e. The molecule has 0 radical (unpaired) electrons. The van der Waals surface area contributed by atoms with Crippen LogP contribution in [0.1, 0.15) is 42.1 Å². The van der Waals surface area contributed by atoms with Gasteiger partial charge in [0.1, 0.15) is 5.75 Å². The average molecular weight is 456 g/mol. The second-order valence-electron chi connectivity index (χ2n) is 7.15. The van der Waals surface area contributed by atoms with Crippen LogP contribution >= 0.6 is 0 Å². The third-order valence-electron chi connectivity index (χ3n) is 4.84. The highest BCUT2D eigenvalue weighted by atomic mass is 32.2. The maximum Gasteiger partial charge on any atom is 0.416 e. The molecule has 3 rings (SSSR count). The summed E-state index contributed by atoms with van der Waals surface area (Å²) in [5, 5.41) is 2.44. The van der Waals surface area contributed by atoms with Gasteiger partial charge in [0.15, 0.2) is 0 Å². The van der Waals surface area contributed by atoms with Gasteiger partial charge in [-0.1, -0.05) is 6.92 Å². The summed E-state index contributed by atoms with van der Waals surface area (Å²) >= 11 is 0. The molecule has 1 saturated heterocycles. The number of alkyl halides is 3. The number of ether oxygens (including phenoxy) is 1. The van der Waals surface area contributed by atoms with Crippen LogP contribution in [0.5, 0.6) is 5.75 Å². The zero-order valence-corrected chi connectivity index (χ0v) is 17.7. The predicted octanol–water partition coefficient (Wildman–Crippen LogP) is 4.53. The number of nitrogens with one attached hydrogen (secondary N) is 1. The molecular formula is C21H23F3N2O4S. The van der Waals surface area contributed by atoms with Crippen LogP contribution in [0.15, 0.2) is 47.4 Å². The van der Waals surface area contributed by atoms with E-state index < -0.39 is 27.7 Å². The second-order valence-corrected chi connectivity index (χ2v) is 9.08. The summed E-state index contributed by atoms with van der Waals surface area (Å²) in [5.41, 5.74) is -0.917. The molecule has 0 saturated carbocycles. The number of benzene rings is 2. The first-order valence-corrected chi connectivity index (χ1v) is 11.3. The molecule has 0 aromatic heterocycles. The number of hydrogen-bond acceptors (Lipinski definition) is 4. The van der Waals surface area contributed by atoms with Crippen LogP contribution in [0.2, 0.25) is 0 Å². The summed E-state index contributed by atoms with van der Waals surface area (Å²) in [6.45, 7) is 3.04. The molecule has 1 aliphatic rings. The van der Waals surface area contributed by atoms with Crippen molar-refractivity contribution in [1.29, 1.82) is 0 Å². The normalized spacial score (nSPS) is 15.1. The molecule has 0 unspecified atom stereocenters. The van der Waals surface area contributed by atoms with Crippen molar-refractivity contribution in [1.82, 2.24) is 4.31 Å². The van der Waals surface area contributed by atoms with Gasteiger partial charge in [0.2, 0.25) is 10.0 Å². The Hall–Kier alpha value is -2.59. The minimum absolute atomic E-state index is 0.0667. The fourth-order valence-electron chi connectivity index (χ4n) is 3.19. The molecule has 0 spiro atoms. The molecule has 2 aromatic rings. The van der Waals surface area contributed by atoms with Crippen molar-refractivity contribution in [2.24, 2.45) is 0 Å². The average Bonchev–Trinajstić information content (AvgIpc) is 3.28. The van der Waals surface area contributed by atoms with E-state index in [1.807, 2.05) is 6.92 Å². The van der Waals surface area contributed by atoms with Crippen molar-refractivity contribution in [2.75, 3.05) is 25.0 Å². The quantitative estimate of drug-likeness (QED) is 0.664. The summed E-state index contributed by atoms with van der Waals surface area (Å²) < 4.78 is 71.3. The van der Waals surface area contributed by atoms with Crippen molar-refractivity contribution >= 4 is 21.6 Å². The highest BCUT2D eigenvalue weighted by molar-refractivity contribution is 7.89. The van der Waals surface area contributed by atoms with Crippen LogP contribution < -0.4 is 10.1 Å². The Kier molecular flexibility index (Phi) is 6.90. The molecule has 2 aromatic carbocycles. The van der Waals surface area contributed by atoms with E-state index in [1.54, 1.807) is 0 Å². The van der Waals surface area contributed by atoms with Crippen LogP contribution in [0.3, 0.4) is 0 Å². The Morgan fingerprint density at radius 2 is 1.74 bits per heavy atom. The highest BCUT2D eigenvalue weighted by Crippen LogP contribution is 2.35. The van der Waals surface area contributed by atoms with Crippen molar-refractivity contribution < 1.29 is 31.1 Å². The largest absolute Gasteiger partial charge is 0.491 e. The molecule has 168 valence electrons. The number of nitrogens with zero attached hydrogens (tertiary/aromatic N) is 1. The summed E-state index contributed by atoms with van der Waals surface area (Å²) in [7, 11) is -3.62. The minimum Gasteiger partial charge on any atom is -0.491 e. The maximum atomic E-state index is 13.1. The lowest BCUT2D eigenvalue weighted by Crippen LogP contribution is -2.27. The van der Waals surface area contributed by atoms with Crippen molar-refractivity contribution in [3.8, 4) is 5.75 Å². The Labute approximate surface area is 179 Å². The van der Waals surface area contributed by atoms with E-state index in [0.717, 1.165) is 25.0 Å². The number of hydrogen-bond donors (Lipinski definition) is 1. The Morgan fingerprint density at radius 3 is 2.32 bits per heavy atom. The van der Waals surface area contributed by atoms with Gasteiger partial charge in [-0.25, -0.2) is 8.42 Å². The fourth-order valence-corrected chi connectivity index (χ4v) is 4.71. The van der Waals surface area contributed by atoms with Crippen molar-refractivity contribution in [3.63, 3.8) is 0 Å². The molecule has 1 amide bonds. The van der Waals surface area contributed by atoms with Crippen LogP contribution in [0.25, 0.3) is 0 Å². The third kappa shape index (κ3) is 5.37. The molecule has 0 bridgehead atoms. The lowest BCUT2D eigenvalue weighted by atomic mass is 10.1. The van der Waals surface area contributed by atoms with Gasteiger partial charge in [-0.3, -0.25) is 4.79 Å². The van der Waals surface area contributed by atoms with Gasteiger partial charge in [-0.15, -0.1) is 0 Å². The van der Waals surface area contributed by atoms with Crippen molar-refractivity contribution in [2.45, 2.75) is 37.3 Å². The molecule has 10 heteroatoms. The SMILES string of the molecule is CCCOc1ccc(C(F)(F)F)cc1NC(=O)c1ccc(S(=O)(=O)N2CCCC2)cc1. The minimum atomic E-state index is -4.58. The number of rotatable bonds is 7. The third-order valence-corrected chi connectivity index (χ3v) is 6.75. The molecule has 6 nitrogen and oxygen atoms in total. The maximum absolute atomic E-state index is 13.1. The van der Waals surface area contributed by atoms with Crippen LogP contribution in [-0.4, -0.2) is 38.3 Å². The molecule has 1 aliphatic heterocycles. The van der Waals surface area contributed by atoms with E-state index >= 15 is 0 Å². The highest BCUT2D eigenvalue weighted by Gasteiger charge is 2.31. The van der Waals surface area contributed by atoms with E-state index in [9.17, 15) is 26.4 Å². The molecule has 0 atom stereocenters. The first kappa shape index (κ1) is 23.1. The monoisotopic (exact) mass is 456 g/mol. The van der Waals surface area contributed by atoms with Crippen LogP contribution in [0.4, 0.5) is 18.9 Å². The molecule has 0 aliphatic carbocycles. The van der Waals surface area contributed by atoms with Crippen LogP contribution in [-0.2, 0) is 16.2 Å². The number of sulfonamides is 1. The van der Waals surface area contributed by atoms with E-state index in [0.29, 0.717) is 19.5 Å². The number of carbonyl (C=O) groups excluding carboxylic acids is 1. The summed E-state index contributed by atoms with van der Waals surface area (Å²) in [5.74, 6) is -0.553. The predicted molar refractivity (Wildman–Crippen MR) is 110 cm³/mol. The summed E-state index contributed by atoms with van der Waals surface area (Å²) in [6, 6.07) is 8.18. The molecule has 1 heterocycles. The zero-order valence-electron chi connectivity index (χ0n) is 16.9. The zero-order chi connectivity index (χ0) is 22.6. The molecular weight excluding hydrogens is 433 g/mol. The van der Waals surface area contributed by atoms with Crippen molar-refractivity contribution in [3.05, 3.63) is 53.6 Å². The molecule has 31 heavy (non-hydrogen) atoms. The standard InChI is InChI=1S/C21H23F3N2O4S/c1-2-13-30-19-10-7-16(21(22,23)24)14-18(19)25-20(27)15-5-8-17(9-6-15)31(28,29)26-11-3-4-12-26/h5-10,14H,2-4,11-13H2,1H3,(H,25,27). The Bertz CT molecular complexity index is 1030. The Morgan fingerprint density at radius 1 is 1.10 bits per heavy atom. The molecule has 1 fully saturated rings. The fraction of sp³-hybridized carbons (Fsp3) is 0.381. The van der Waals surface area contributed by atoms with E-state index in [-0.39, 0.29) is 28.5 Å². The topological polar surface area (TPSA) is 75.7 Å².